The van der Waals surface area contributed by atoms with Crippen LogP contribution in [0.4, 0.5) is 0 Å². The maximum Gasteiger partial charge on any atom is 0.358 e. The Morgan fingerprint density at radius 3 is 2.63 bits per heavy atom. The van der Waals surface area contributed by atoms with Crippen LogP contribution in [0.2, 0.25) is 0 Å². The first-order valence-corrected chi connectivity index (χ1v) is 7.08. The van der Waals surface area contributed by atoms with Gasteiger partial charge in [-0.15, -0.1) is 5.10 Å². The Morgan fingerprint density at radius 1 is 1.42 bits per heavy atom. The van der Waals surface area contributed by atoms with E-state index in [1.165, 1.54) is 31.9 Å². The molecule has 6 heteroatoms. The highest BCUT2D eigenvalue weighted by Crippen LogP contribution is 2.48. The molecule has 2 aliphatic carbocycles. The largest absolute Gasteiger partial charge is 0.476 e. The van der Waals surface area contributed by atoms with Gasteiger partial charge in [-0.25, -0.2) is 4.79 Å². The molecule has 0 spiro atoms. The summed E-state index contributed by atoms with van der Waals surface area (Å²) in [6.45, 7) is 2.58. The van der Waals surface area contributed by atoms with E-state index < -0.39 is 5.97 Å². The summed E-state index contributed by atoms with van der Waals surface area (Å²) in [6.07, 6.45) is 7.12. The van der Waals surface area contributed by atoms with Crippen molar-refractivity contribution in [3.05, 3.63) is 11.9 Å². The fourth-order valence-electron chi connectivity index (χ4n) is 2.74. The number of hydrogen-bond donors (Lipinski definition) is 2. The summed E-state index contributed by atoms with van der Waals surface area (Å²) in [5.41, 5.74) is 0.00818. The minimum Gasteiger partial charge on any atom is -0.476 e. The number of nitrogens with zero attached hydrogens (tertiary/aromatic N) is 3. The summed E-state index contributed by atoms with van der Waals surface area (Å²) < 4.78 is 1.58. The second kappa shape index (κ2) is 5.28. The minimum atomic E-state index is -1.03. The molecule has 0 bridgehead atoms. The molecule has 0 saturated heterocycles. The van der Waals surface area contributed by atoms with Crippen molar-refractivity contribution in [2.75, 3.05) is 13.1 Å². The topological polar surface area (TPSA) is 80.0 Å². The third-order valence-electron chi connectivity index (χ3n) is 4.11. The molecule has 2 saturated carbocycles. The van der Waals surface area contributed by atoms with Crippen LogP contribution in [-0.2, 0) is 6.54 Å². The summed E-state index contributed by atoms with van der Waals surface area (Å²) in [6, 6.07) is 0. The van der Waals surface area contributed by atoms with Crippen LogP contribution < -0.4 is 5.32 Å². The van der Waals surface area contributed by atoms with Crippen LogP contribution in [0.5, 0.6) is 0 Å². The zero-order chi connectivity index (χ0) is 13.2. The van der Waals surface area contributed by atoms with E-state index in [1.807, 2.05) is 0 Å². The van der Waals surface area contributed by atoms with E-state index >= 15 is 0 Å². The first-order chi connectivity index (χ1) is 9.24. The van der Waals surface area contributed by atoms with Crippen molar-refractivity contribution in [1.29, 1.82) is 0 Å². The van der Waals surface area contributed by atoms with Crippen LogP contribution >= 0.6 is 0 Å². The summed E-state index contributed by atoms with van der Waals surface area (Å²) >= 11 is 0. The minimum absolute atomic E-state index is 0.00818. The Bertz CT molecular complexity index is 439. The van der Waals surface area contributed by atoms with E-state index in [0.717, 1.165) is 30.8 Å². The van der Waals surface area contributed by atoms with Gasteiger partial charge in [0.15, 0.2) is 5.69 Å². The van der Waals surface area contributed by atoms with Gasteiger partial charge in [-0.3, -0.25) is 4.68 Å². The average molecular weight is 264 g/mol. The number of carboxylic acid groups (broad SMARTS) is 1. The van der Waals surface area contributed by atoms with E-state index in [1.54, 1.807) is 4.68 Å². The summed E-state index contributed by atoms with van der Waals surface area (Å²) in [5.74, 6) is 1.77. The molecule has 1 aromatic rings. The molecular weight excluding hydrogens is 244 g/mol. The third-order valence-corrected chi connectivity index (χ3v) is 4.11. The predicted molar refractivity (Wildman–Crippen MR) is 68.8 cm³/mol. The highest BCUT2D eigenvalue weighted by atomic mass is 16.4. The Labute approximate surface area is 112 Å². The van der Waals surface area contributed by atoms with Crippen LogP contribution in [0, 0.1) is 17.8 Å². The van der Waals surface area contributed by atoms with Crippen molar-refractivity contribution in [3.63, 3.8) is 0 Å². The lowest BCUT2D eigenvalue weighted by atomic mass is 9.98. The van der Waals surface area contributed by atoms with E-state index in [4.69, 9.17) is 5.11 Å². The number of aromatic nitrogens is 3. The van der Waals surface area contributed by atoms with E-state index in [2.05, 4.69) is 15.6 Å². The number of hydrogen-bond acceptors (Lipinski definition) is 4. The fourth-order valence-corrected chi connectivity index (χ4v) is 2.74. The van der Waals surface area contributed by atoms with Crippen molar-refractivity contribution >= 4 is 5.97 Å². The van der Waals surface area contributed by atoms with E-state index in [-0.39, 0.29) is 5.69 Å². The molecule has 19 heavy (non-hydrogen) atoms. The third kappa shape index (κ3) is 3.32. The standard InChI is InChI=1S/C13H20N4O2/c18-13(19)12-8-17(16-15-12)6-5-14-7-11(9-1-2-9)10-3-4-10/h8-11,14H,1-7H2,(H,18,19). The number of aromatic carboxylic acids is 1. The molecule has 2 aliphatic rings. The maximum absolute atomic E-state index is 10.7. The number of carboxylic acids is 1. The smallest absolute Gasteiger partial charge is 0.358 e. The van der Waals surface area contributed by atoms with Crippen LogP contribution in [0.1, 0.15) is 36.2 Å². The Balaban J connectivity index is 1.38. The molecule has 0 unspecified atom stereocenters. The lowest BCUT2D eigenvalue weighted by Crippen LogP contribution is -2.28. The molecule has 0 aliphatic heterocycles. The second-order valence-corrected chi connectivity index (χ2v) is 5.71. The van der Waals surface area contributed by atoms with Crippen LogP contribution in [0.3, 0.4) is 0 Å². The molecule has 1 aromatic heterocycles. The van der Waals surface area contributed by atoms with Gasteiger partial charge in [0.25, 0.3) is 0 Å². The second-order valence-electron chi connectivity index (χ2n) is 5.71. The van der Waals surface area contributed by atoms with Gasteiger partial charge < -0.3 is 10.4 Å². The van der Waals surface area contributed by atoms with E-state index in [9.17, 15) is 4.79 Å². The normalized spacial score (nSPS) is 19.0. The molecule has 0 amide bonds. The molecule has 1 heterocycles. The molecule has 0 aromatic carbocycles. The first kappa shape index (κ1) is 12.6. The van der Waals surface area contributed by atoms with Crippen molar-refractivity contribution < 1.29 is 9.90 Å². The highest BCUT2D eigenvalue weighted by molar-refractivity contribution is 5.84. The van der Waals surface area contributed by atoms with Crippen molar-refractivity contribution in [2.45, 2.75) is 32.2 Å². The first-order valence-electron chi connectivity index (χ1n) is 7.08. The van der Waals surface area contributed by atoms with Gasteiger partial charge in [0.05, 0.1) is 12.7 Å². The Hall–Kier alpha value is -1.43. The Morgan fingerprint density at radius 2 is 2.11 bits per heavy atom. The maximum atomic E-state index is 10.7. The van der Waals surface area contributed by atoms with Crippen LogP contribution in [0.15, 0.2) is 6.20 Å². The summed E-state index contributed by atoms with van der Waals surface area (Å²) in [5, 5.41) is 19.6. The molecule has 3 rings (SSSR count). The van der Waals surface area contributed by atoms with Crippen molar-refractivity contribution in [1.82, 2.24) is 20.3 Å². The van der Waals surface area contributed by atoms with Gasteiger partial charge in [0, 0.05) is 6.54 Å². The molecule has 0 radical (unpaired) electrons. The lowest BCUT2D eigenvalue weighted by Gasteiger charge is -2.16. The van der Waals surface area contributed by atoms with Crippen LogP contribution in [-0.4, -0.2) is 39.2 Å². The van der Waals surface area contributed by atoms with Crippen molar-refractivity contribution in [3.8, 4) is 0 Å². The van der Waals surface area contributed by atoms with Gasteiger partial charge in [0.1, 0.15) is 0 Å². The summed E-state index contributed by atoms with van der Waals surface area (Å²) in [7, 11) is 0. The molecule has 6 nitrogen and oxygen atoms in total. The van der Waals surface area contributed by atoms with Gasteiger partial charge in [-0.1, -0.05) is 5.21 Å². The lowest BCUT2D eigenvalue weighted by molar-refractivity contribution is 0.0690. The number of carbonyl (C=O) groups is 1. The quantitative estimate of drug-likeness (QED) is 0.685. The molecule has 104 valence electrons. The average Bonchev–Trinajstić information content (AvgIpc) is 3.29. The molecular formula is C13H20N4O2. The fraction of sp³-hybridized carbons (Fsp3) is 0.769. The van der Waals surface area contributed by atoms with Gasteiger partial charge in [-0.2, -0.15) is 0 Å². The molecule has 2 N–H and O–H groups in total. The zero-order valence-corrected chi connectivity index (χ0v) is 11.0. The highest BCUT2D eigenvalue weighted by Gasteiger charge is 2.40. The van der Waals surface area contributed by atoms with Crippen LogP contribution in [0.25, 0.3) is 0 Å². The predicted octanol–water partition coefficient (Wildman–Crippen LogP) is 1.00. The zero-order valence-electron chi connectivity index (χ0n) is 11.0. The SMILES string of the molecule is O=C(O)c1cn(CCNCC(C2CC2)C2CC2)nn1. The van der Waals surface area contributed by atoms with Gasteiger partial charge in [0.2, 0.25) is 0 Å². The van der Waals surface area contributed by atoms with E-state index in [0.29, 0.717) is 6.54 Å². The van der Waals surface area contributed by atoms with Crippen molar-refractivity contribution in [2.24, 2.45) is 17.8 Å². The Kier molecular flexibility index (Phi) is 3.50. The number of nitrogens with one attached hydrogen (secondary N) is 1. The molecule has 2 fully saturated rings. The molecule has 0 atom stereocenters. The van der Waals surface area contributed by atoms with Gasteiger partial charge >= 0.3 is 5.97 Å². The summed E-state index contributed by atoms with van der Waals surface area (Å²) in [4.78, 5) is 10.7. The monoisotopic (exact) mass is 264 g/mol. The van der Waals surface area contributed by atoms with Gasteiger partial charge in [-0.05, 0) is 50.0 Å². The number of rotatable bonds is 8.